The topological polar surface area (TPSA) is 58.5 Å². The van der Waals surface area contributed by atoms with Crippen molar-refractivity contribution in [2.75, 3.05) is 5.32 Å². The van der Waals surface area contributed by atoms with Gasteiger partial charge in [-0.15, -0.1) is 10.2 Å². The van der Waals surface area contributed by atoms with Gasteiger partial charge in [0.15, 0.2) is 5.82 Å². The first kappa shape index (κ1) is 21.2. The van der Waals surface area contributed by atoms with E-state index in [2.05, 4.69) is 20.5 Å². The summed E-state index contributed by atoms with van der Waals surface area (Å²) in [4.78, 5) is 3.01. The maximum atomic E-state index is 14.7. The van der Waals surface area contributed by atoms with E-state index in [0.29, 0.717) is 33.8 Å². The van der Waals surface area contributed by atoms with Crippen molar-refractivity contribution in [2.24, 2.45) is 0 Å². The third-order valence-corrected chi connectivity index (χ3v) is 6.71. The summed E-state index contributed by atoms with van der Waals surface area (Å²) in [5.74, 6) is 0.119. The SMILES string of the molecule is Cc1cc(-c2cc(F)cc3c(I)c[nH]c23)c(C(F)(F)F)c2c1NC(C)(C)c1nnc(C)n1-2. The number of aromatic amines is 1. The molecule has 0 aliphatic carbocycles. The Morgan fingerprint density at radius 1 is 1.06 bits per heavy atom. The molecule has 0 saturated heterocycles. The first-order chi connectivity index (χ1) is 14.9. The lowest BCUT2D eigenvalue weighted by Crippen LogP contribution is -2.37. The third-order valence-electron chi connectivity index (χ3n) is 5.82. The minimum atomic E-state index is -4.72. The molecule has 3 heterocycles. The maximum Gasteiger partial charge on any atom is 0.419 e. The Kier molecular flexibility index (Phi) is 4.44. The lowest BCUT2D eigenvalue weighted by molar-refractivity contribution is -0.137. The predicted octanol–water partition coefficient (Wildman–Crippen LogP) is 6.46. The second-order valence-electron chi connectivity index (χ2n) is 8.51. The quantitative estimate of drug-likeness (QED) is 0.210. The standard InChI is InChI=1S/C22H18F4IN5/c1-9-5-12(13-6-11(23)7-14-15(27)8-28-18(13)14)16(22(24,25)26)19-17(9)29-21(3,4)20-31-30-10(2)32(19)20/h5-8,28-29H,1-4H3. The van der Waals surface area contributed by atoms with E-state index < -0.39 is 23.1 Å². The molecule has 0 bridgehead atoms. The van der Waals surface area contributed by atoms with Crippen molar-refractivity contribution in [1.29, 1.82) is 0 Å². The van der Waals surface area contributed by atoms with Crippen LogP contribution in [0.2, 0.25) is 0 Å². The zero-order valence-electron chi connectivity index (χ0n) is 17.5. The van der Waals surface area contributed by atoms with Crippen LogP contribution >= 0.6 is 22.6 Å². The number of hydrogen-bond donors (Lipinski definition) is 2. The molecule has 0 fully saturated rings. The van der Waals surface area contributed by atoms with Crippen LogP contribution in [0, 0.1) is 23.2 Å². The highest BCUT2D eigenvalue weighted by Gasteiger charge is 2.44. The highest BCUT2D eigenvalue weighted by molar-refractivity contribution is 14.1. The van der Waals surface area contributed by atoms with Gasteiger partial charge in [0.1, 0.15) is 11.6 Å². The molecule has 5 rings (SSSR count). The monoisotopic (exact) mass is 555 g/mol. The number of aromatic nitrogens is 4. The van der Waals surface area contributed by atoms with Gasteiger partial charge in [-0.2, -0.15) is 13.2 Å². The average Bonchev–Trinajstić information content (AvgIpc) is 3.25. The van der Waals surface area contributed by atoms with Crippen LogP contribution in [0.15, 0.2) is 24.4 Å². The van der Waals surface area contributed by atoms with Crippen molar-refractivity contribution in [3.63, 3.8) is 0 Å². The molecule has 0 atom stereocenters. The Labute approximate surface area is 194 Å². The molecule has 1 aliphatic rings. The largest absolute Gasteiger partial charge is 0.419 e. The molecule has 2 aromatic heterocycles. The highest BCUT2D eigenvalue weighted by Crippen LogP contribution is 2.50. The van der Waals surface area contributed by atoms with Gasteiger partial charge in [-0.1, -0.05) is 0 Å². The predicted molar refractivity (Wildman–Crippen MR) is 122 cm³/mol. The molecule has 32 heavy (non-hydrogen) atoms. The van der Waals surface area contributed by atoms with Crippen molar-refractivity contribution in [3.8, 4) is 16.8 Å². The Bertz CT molecular complexity index is 1410. The fourth-order valence-electron chi connectivity index (χ4n) is 4.46. The molecule has 0 unspecified atom stereocenters. The van der Waals surface area contributed by atoms with E-state index in [-0.39, 0.29) is 16.8 Å². The summed E-state index contributed by atoms with van der Waals surface area (Å²) in [6, 6.07) is 3.94. The third kappa shape index (κ3) is 2.95. The van der Waals surface area contributed by atoms with Crippen LogP contribution in [0.5, 0.6) is 0 Å². The smallest absolute Gasteiger partial charge is 0.371 e. The Balaban J connectivity index is 1.96. The molecule has 166 valence electrons. The van der Waals surface area contributed by atoms with Crippen LogP contribution in [0.4, 0.5) is 23.2 Å². The van der Waals surface area contributed by atoms with Crippen LogP contribution in [0.3, 0.4) is 0 Å². The van der Waals surface area contributed by atoms with Crippen LogP contribution < -0.4 is 5.32 Å². The van der Waals surface area contributed by atoms with Gasteiger partial charge >= 0.3 is 6.18 Å². The zero-order valence-corrected chi connectivity index (χ0v) is 19.7. The number of halogens is 5. The number of rotatable bonds is 1. The van der Waals surface area contributed by atoms with Crippen molar-refractivity contribution in [3.05, 3.63) is 56.6 Å². The highest BCUT2D eigenvalue weighted by atomic mass is 127. The van der Waals surface area contributed by atoms with Crippen molar-refractivity contribution >= 4 is 39.2 Å². The lowest BCUT2D eigenvalue weighted by Gasteiger charge is -2.37. The fourth-order valence-corrected chi connectivity index (χ4v) is 5.04. The van der Waals surface area contributed by atoms with E-state index in [1.165, 1.54) is 16.7 Å². The molecule has 0 amide bonds. The van der Waals surface area contributed by atoms with Gasteiger partial charge in [0.05, 0.1) is 28.0 Å². The number of nitrogens with zero attached hydrogens (tertiary/aromatic N) is 3. The Morgan fingerprint density at radius 2 is 1.78 bits per heavy atom. The normalized spacial score (nSPS) is 14.9. The number of benzene rings is 2. The zero-order chi connectivity index (χ0) is 23.2. The summed E-state index contributed by atoms with van der Waals surface area (Å²) < 4.78 is 60.8. The molecule has 0 spiro atoms. The summed E-state index contributed by atoms with van der Waals surface area (Å²) in [7, 11) is 0. The van der Waals surface area contributed by atoms with E-state index in [4.69, 9.17) is 0 Å². The minimum absolute atomic E-state index is 0.0667. The van der Waals surface area contributed by atoms with Gasteiger partial charge in [-0.3, -0.25) is 4.57 Å². The molecule has 1 aliphatic heterocycles. The van der Waals surface area contributed by atoms with Crippen LogP contribution in [0.1, 0.15) is 36.6 Å². The Morgan fingerprint density at radius 3 is 2.47 bits per heavy atom. The van der Waals surface area contributed by atoms with Crippen LogP contribution in [-0.4, -0.2) is 19.7 Å². The van der Waals surface area contributed by atoms with Gasteiger partial charge in [-0.25, -0.2) is 4.39 Å². The summed E-state index contributed by atoms with van der Waals surface area (Å²) >= 11 is 2.03. The Hall–Kier alpha value is -2.63. The van der Waals surface area contributed by atoms with Gasteiger partial charge in [0, 0.05) is 20.7 Å². The lowest BCUT2D eigenvalue weighted by atomic mass is 9.89. The first-order valence-electron chi connectivity index (χ1n) is 9.82. The van der Waals surface area contributed by atoms with Gasteiger partial charge in [0.2, 0.25) is 0 Å². The van der Waals surface area contributed by atoms with E-state index >= 15 is 0 Å². The molecule has 4 aromatic rings. The molecule has 0 radical (unpaired) electrons. The number of anilines is 1. The molecule has 10 heteroatoms. The number of aryl methyl sites for hydroxylation is 2. The maximum absolute atomic E-state index is 14.7. The van der Waals surface area contributed by atoms with Gasteiger partial charge in [0.25, 0.3) is 0 Å². The fraction of sp³-hybridized carbons (Fsp3) is 0.273. The summed E-state index contributed by atoms with van der Waals surface area (Å²) in [5, 5.41) is 11.9. The summed E-state index contributed by atoms with van der Waals surface area (Å²) in [6.45, 7) is 7.05. The molecular formula is C22H18F4IN5. The van der Waals surface area contributed by atoms with E-state index in [0.717, 1.165) is 9.64 Å². The van der Waals surface area contributed by atoms with Crippen molar-refractivity contribution in [2.45, 2.75) is 39.4 Å². The van der Waals surface area contributed by atoms with Gasteiger partial charge in [-0.05, 0) is 79.6 Å². The van der Waals surface area contributed by atoms with E-state index in [1.54, 1.807) is 20.0 Å². The second kappa shape index (κ2) is 6.69. The van der Waals surface area contributed by atoms with E-state index in [1.807, 2.05) is 36.4 Å². The molecular weight excluding hydrogens is 537 g/mol. The summed E-state index contributed by atoms with van der Waals surface area (Å²) in [5.41, 5.74) is -0.195. The van der Waals surface area contributed by atoms with E-state index in [9.17, 15) is 17.6 Å². The van der Waals surface area contributed by atoms with Crippen molar-refractivity contribution < 1.29 is 17.6 Å². The minimum Gasteiger partial charge on any atom is -0.371 e. The number of alkyl halides is 3. The van der Waals surface area contributed by atoms with Crippen LogP contribution in [0.25, 0.3) is 27.7 Å². The number of H-pyrrole nitrogens is 1. The first-order valence-corrected chi connectivity index (χ1v) is 10.9. The van der Waals surface area contributed by atoms with Crippen LogP contribution in [-0.2, 0) is 11.7 Å². The van der Waals surface area contributed by atoms with Crippen molar-refractivity contribution in [1.82, 2.24) is 19.7 Å². The molecule has 2 N–H and O–H groups in total. The molecule has 0 saturated carbocycles. The number of fused-ring (bicyclic) bond motifs is 4. The second-order valence-corrected chi connectivity index (χ2v) is 9.67. The molecule has 2 aromatic carbocycles. The van der Waals surface area contributed by atoms with Gasteiger partial charge < -0.3 is 10.3 Å². The average molecular weight is 555 g/mol. The molecule has 5 nitrogen and oxygen atoms in total. The summed E-state index contributed by atoms with van der Waals surface area (Å²) in [6.07, 6.45) is -3.07. The number of nitrogens with one attached hydrogen (secondary N) is 2. The number of hydrogen-bond acceptors (Lipinski definition) is 3.